The summed E-state index contributed by atoms with van der Waals surface area (Å²) < 4.78 is 17.9. The van der Waals surface area contributed by atoms with E-state index in [0.717, 1.165) is 18.2 Å². The van der Waals surface area contributed by atoms with Crippen LogP contribution in [0.25, 0.3) is 11.5 Å². The number of carbonyl (C=O) groups is 1. The molecular formula is C9H5FN2O3S. The van der Waals surface area contributed by atoms with Gasteiger partial charge in [-0.2, -0.15) is 0 Å². The highest BCUT2D eigenvalue weighted by Gasteiger charge is 2.17. The highest BCUT2D eigenvalue weighted by molar-refractivity contribution is 7.80. The molecular weight excluding hydrogens is 235 g/mol. The number of carboxylic acid groups (broad SMARTS) is 1. The molecule has 0 aliphatic rings. The van der Waals surface area contributed by atoms with Crippen molar-refractivity contribution >= 4 is 18.6 Å². The summed E-state index contributed by atoms with van der Waals surface area (Å²) in [5.41, 5.74) is -0.0846. The van der Waals surface area contributed by atoms with Gasteiger partial charge in [-0.15, -0.1) is 10.2 Å². The summed E-state index contributed by atoms with van der Waals surface area (Å²) in [6.45, 7) is 0. The van der Waals surface area contributed by atoms with Crippen molar-refractivity contribution in [2.45, 2.75) is 5.22 Å². The van der Waals surface area contributed by atoms with E-state index in [1.54, 1.807) is 0 Å². The predicted molar refractivity (Wildman–Crippen MR) is 53.9 cm³/mol. The van der Waals surface area contributed by atoms with Crippen LogP contribution >= 0.6 is 12.6 Å². The summed E-state index contributed by atoms with van der Waals surface area (Å²) in [4.78, 5) is 10.9. The zero-order valence-corrected chi connectivity index (χ0v) is 8.61. The minimum absolute atomic E-state index is 0.0180. The smallest absolute Gasteiger partial charge is 0.336 e. The number of thiol groups is 1. The fraction of sp³-hybridized carbons (Fsp3) is 0. The third kappa shape index (κ3) is 1.89. The average molecular weight is 240 g/mol. The van der Waals surface area contributed by atoms with Gasteiger partial charge in [0.1, 0.15) is 5.82 Å². The lowest BCUT2D eigenvalue weighted by atomic mass is 10.1. The second-order valence-corrected chi connectivity index (χ2v) is 3.27. The van der Waals surface area contributed by atoms with Crippen molar-refractivity contribution in [3.05, 3.63) is 29.6 Å². The Labute approximate surface area is 94.3 Å². The van der Waals surface area contributed by atoms with Crippen LogP contribution in [0.4, 0.5) is 4.39 Å². The van der Waals surface area contributed by atoms with E-state index in [1.165, 1.54) is 0 Å². The van der Waals surface area contributed by atoms with Crippen molar-refractivity contribution in [3.8, 4) is 11.5 Å². The number of aromatic carboxylic acids is 1. The number of nitrogens with zero attached hydrogens (tertiary/aromatic N) is 2. The van der Waals surface area contributed by atoms with E-state index in [-0.39, 0.29) is 22.2 Å². The minimum Gasteiger partial charge on any atom is -0.478 e. The Balaban J connectivity index is 2.62. The summed E-state index contributed by atoms with van der Waals surface area (Å²) in [6, 6.07) is 3.20. The Hall–Kier alpha value is -1.89. The van der Waals surface area contributed by atoms with E-state index in [0.29, 0.717) is 0 Å². The van der Waals surface area contributed by atoms with Gasteiger partial charge in [0.25, 0.3) is 5.22 Å². The maximum absolute atomic E-state index is 13.0. The second-order valence-electron chi connectivity index (χ2n) is 2.88. The van der Waals surface area contributed by atoms with Crippen LogP contribution in [0.1, 0.15) is 10.4 Å². The number of carboxylic acids is 1. The van der Waals surface area contributed by atoms with Crippen molar-refractivity contribution < 1.29 is 18.7 Å². The maximum atomic E-state index is 13.0. The van der Waals surface area contributed by atoms with Crippen LogP contribution in [0.3, 0.4) is 0 Å². The molecule has 2 aromatic rings. The molecule has 1 N–H and O–H groups in total. The monoisotopic (exact) mass is 240 g/mol. The first-order chi connectivity index (χ1) is 7.58. The molecule has 0 atom stereocenters. The topological polar surface area (TPSA) is 76.2 Å². The molecule has 0 aliphatic carbocycles. The fourth-order valence-corrected chi connectivity index (χ4v) is 1.34. The molecule has 0 amide bonds. The summed E-state index contributed by atoms with van der Waals surface area (Å²) in [5.74, 6) is -1.87. The normalized spacial score (nSPS) is 10.4. The number of benzene rings is 1. The van der Waals surface area contributed by atoms with Crippen LogP contribution in [0.5, 0.6) is 0 Å². The van der Waals surface area contributed by atoms with Gasteiger partial charge in [-0.3, -0.25) is 0 Å². The van der Waals surface area contributed by atoms with Gasteiger partial charge >= 0.3 is 5.97 Å². The first kappa shape index (κ1) is 10.6. The molecule has 2 rings (SSSR count). The molecule has 82 valence electrons. The SMILES string of the molecule is O=C(O)c1ccc(F)cc1-c1nnc(S)o1. The summed E-state index contributed by atoms with van der Waals surface area (Å²) in [7, 11) is 0. The van der Waals surface area contributed by atoms with Gasteiger partial charge in [0, 0.05) is 0 Å². The first-order valence-corrected chi connectivity index (χ1v) is 4.58. The van der Waals surface area contributed by atoms with E-state index in [9.17, 15) is 9.18 Å². The summed E-state index contributed by atoms with van der Waals surface area (Å²) in [5, 5.41) is 15.9. The maximum Gasteiger partial charge on any atom is 0.336 e. The van der Waals surface area contributed by atoms with Gasteiger partial charge in [-0.1, -0.05) is 12.6 Å². The number of halogens is 1. The molecule has 5 nitrogen and oxygen atoms in total. The predicted octanol–water partition coefficient (Wildman–Crippen LogP) is 1.86. The zero-order chi connectivity index (χ0) is 11.7. The fourth-order valence-electron chi connectivity index (χ4n) is 1.20. The Morgan fingerprint density at radius 2 is 2.19 bits per heavy atom. The number of hydrogen-bond donors (Lipinski definition) is 2. The van der Waals surface area contributed by atoms with E-state index >= 15 is 0 Å². The molecule has 0 bridgehead atoms. The van der Waals surface area contributed by atoms with E-state index in [4.69, 9.17) is 9.52 Å². The number of hydrogen-bond acceptors (Lipinski definition) is 5. The van der Waals surface area contributed by atoms with Crippen LogP contribution in [0, 0.1) is 5.82 Å². The van der Waals surface area contributed by atoms with Crippen molar-refractivity contribution in [1.82, 2.24) is 10.2 Å². The van der Waals surface area contributed by atoms with Crippen LogP contribution in [-0.2, 0) is 0 Å². The van der Waals surface area contributed by atoms with Gasteiger partial charge in [-0.05, 0) is 18.2 Å². The molecule has 0 saturated carbocycles. The molecule has 7 heteroatoms. The summed E-state index contributed by atoms with van der Waals surface area (Å²) >= 11 is 3.79. The largest absolute Gasteiger partial charge is 0.478 e. The molecule has 0 aliphatic heterocycles. The Morgan fingerprint density at radius 3 is 2.75 bits per heavy atom. The Kier molecular flexibility index (Phi) is 2.61. The van der Waals surface area contributed by atoms with Gasteiger partial charge in [0.05, 0.1) is 11.1 Å². The molecule has 0 unspecified atom stereocenters. The standard InChI is InChI=1S/C9H5FN2O3S/c10-4-1-2-5(8(13)14)6(3-4)7-11-12-9(16)15-7/h1-3H,(H,12,16)(H,13,14). The zero-order valence-electron chi connectivity index (χ0n) is 7.72. The molecule has 1 aromatic heterocycles. The highest BCUT2D eigenvalue weighted by atomic mass is 32.1. The number of aromatic nitrogens is 2. The molecule has 16 heavy (non-hydrogen) atoms. The van der Waals surface area contributed by atoms with Crippen molar-refractivity contribution in [1.29, 1.82) is 0 Å². The lowest BCUT2D eigenvalue weighted by molar-refractivity contribution is 0.0697. The highest BCUT2D eigenvalue weighted by Crippen LogP contribution is 2.24. The quantitative estimate of drug-likeness (QED) is 0.783. The Bertz CT molecular complexity index is 555. The minimum atomic E-state index is -1.20. The van der Waals surface area contributed by atoms with Crippen LogP contribution in [0.15, 0.2) is 27.8 Å². The van der Waals surface area contributed by atoms with Crippen molar-refractivity contribution in [2.75, 3.05) is 0 Å². The van der Waals surface area contributed by atoms with Gasteiger partial charge in [0.15, 0.2) is 0 Å². The molecule has 0 spiro atoms. The van der Waals surface area contributed by atoms with Gasteiger partial charge < -0.3 is 9.52 Å². The van der Waals surface area contributed by atoms with Crippen LogP contribution in [-0.4, -0.2) is 21.3 Å². The third-order valence-electron chi connectivity index (χ3n) is 1.86. The lowest BCUT2D eigenvalue weighted by Crippen LogP contribution is -2.00. The number of rotatable bonds is 2. The molecule has 0 saturated heterocycles. The second kappa shape index (κ2) is 3.93. The molecule has 1 aromatic carbocycles. The van der Waals surface area contributed by atoms with Gasteiger partial charge in [-0.25, -0.2) is 9.18 Å². The van der Waals surface area contributed by atoms with Crippen LogP contribution < -0.4 is 0 Å². The van der Waals surface area contributed by atoms with E-state index < -0.39 is 11.8 Å². The van der Waals surface area contributed by atoms with Crippen LogP contribution in [0.2, 0.25) is 0 Å². The average Bonchev–Trinajstić information content (AvgIpc) is 2.64. The molecule has 0 fully saturated rings. The first-order valence-electron chi connectivity index (χ1n) is 4.13. The van der Waals surface area contributed by atoms with Crippen molar-refractivity contribution in [2.24, 2.45) is 0 Å². The third-order valence-corrected chi connectivity index (χ3v) is 2.04. The van der Waals surface area contributed by atoms with Crippen molar-refractivity contribution in [3.63, 3.8) is 0 Å². The molecule has 0 radical (unpaired) electrons. The molecule has 1 heterocycles. The van der Waals surface area contributed by atoms with Gasteiger partial charge in [0.2, 0.25) is 5.89 Å². The van der Waals surface area contributed by atoms with E-state index in [1.807, 2.05) is 0 Å². The van der Waals surface area contributed by atoms with E-state index in [2.05, 4.69) is 22.8 Å². The lowest BCUT2D eigenvalue weighted by Gasteiger charge is -2.00. The summed E-state index contributed by atoms with van der Waals surface area (Å²) in [6.07, 6.45) is 0. The Morgan fingerprint density at radius 1 is 1.44 bits per heavy atom.